The highest BCUT2D eigenvalue weighted by molar-refractivity contribution is 9.10. The number of thiophene rings is 1. The van der Waals surface area contributed by atoms with Crippen LogP contribution in [-0.4, -0.2) is 19.1 Å². The van der Waals surface area contributed by atoms with E-state index in [1.807, 2.05) is 11.4 Å². The molecule has 7 heteroatoms. The highest BCUT2D eigenvalue weighted by Crippen LogP contribution is 2.38. The molecule has 1 N–H and O–H groups in total. The van der Waals surface area contributed by atoms with Crippen molar-refractivity contribution >= 4 is 50.5 Å². The van der Waals surface area contributed by atoms with Crippen molar-refractivity contribution in [2.24, 2.45) is 0 Å². The molecule has 0 fully saturated rings. The van der Waals surface area contributed by atoms with Gasteiger partial charge in [0.05, 0.1) is 23.9 Å². The van der Waals surface area contributed by atoms with Crippen LogP contribution < -0.4 is 14.8 Å². The topological polar surface area (TPSA) is 47.6 Å². The Hall–Kier alpha value is -1.24. The number of benzene rings is 1. The van der Waals surface area contributed by atoms with Crippen LogP contribution in [0.3, 0.4) is 0 Å². The summed E-state index contributed by atoms with van der Waals surface area (Å²) in [4.78, 5) is 12.8. The zero-order valence-corrected chi connectivity index (χ0v) is 14.0. The normalized spacial score (nSPS) is 13.6. The Morgan fingerprint density at radius 2 is 2.00 bits per heavy atom. The van der Waals surface area contributed by atoms with Gasteiger partial charge < -0.3 is 14.8 Å². The summed E-state index contributed by atoms with van der Waals surface area (Å²) in [5.41, 5.74) is 0.506. The number of halogens is 2. The Kier molecular flexibility index (Phi) is 4.37. The molecule has 2 heterocycles. The summed E-state index contributed by atoms with van der Waals surface area (Å²) < 4.78 is 11.9. The summed E-state index contributed by atoms with van der Waals surface area (Å²) in [7, 11) is 0. The highest BCUT2D eigenvalue weighted by Gasteiger charge is 2.17. The quantitative estimate of drug-likeness (QED) is 0.819. The van der Waals surface area contributed by atoms with E-state index in [1.54, 1.807) is 12.1 Å². The summed E-state index contributed by atoms with van der Waals surface area (Å²) in [6, 6.07) is 5.19. The second-order valence-electron chi connectivity index (χ2n) is 4.38. The van der Waals surface area contributed by atoms with E-state index in [-0.39, 0.29) is 5.91 Å². The molecule has 4 nitrogen and oxygen atoms in total. The van der Waals surface area contributed by atoms with E-state index >= 15 is 0 Å². The first-order chi connectivity index (χ1) is 10.1. The Morgan fingerprint density at radius 3 is 2.67 bits per heavy atom. The van der Waals surface area contributed by atoms with Gasteiger partial charge in [-0.15, -0.1) is 11.3 Å². The van der Waals surface area contributed by atoms with Crippen LogP contribution in [0.15, 0.2) is 28.1 Å². The van der Waals surface area contributed by atoms with Crippen molar-refractivity contribution in [2.75, 3.05) is 18.5 Å². The molecule has 1 aromatic heterocycles. The molecule has 0 spiro atoms. The Balaban J connectivity index is 1.87. The lowest BCUT2D eigenvalue weighted by Gasteiger charge is -2.12. The molecule has 1 aliphatic rings. The molecule has 0 unspecified atom stereocenters. The van der Waals surface area contributed by atoms with E-state index in [2.05, 4.69) is 21.2 Å². The summed E-state index contributed by atoms with van der Waals surface area (Å²) >= 11 is 10.9. The summed E-state index contributed by atoms with van der Waals surface area (Å²) in [5, 5.41) is 5.06. The molecule has 21 heavy (non-hydrogen) atoms. The predicted molar refractivity (Wildman–Crippen MR) is 87.0 cm³/mol. The van der Waals surface area contributed by atoms with Gasteiger partial charge in [0.25, 0.3) is 5.91 Å². The fourth-order valence-corrected chi connectivity index (χ4v) is 3.56. The molecular weight excluding hydrogens is 378 g/mol. The number of rotatable bonds is 2. The van der Waals surface area contributed by atoms with Gasteiger partial charge >= 0.3 is 0 Å². The summed E-state index contributed by atoms with van der Waals surface area (Å²) in [6.45, 7) is 1.18. The zero-order valence-electron chi connectivity index (χ0n) is 10.8. The average molecular weight is 389 g/mol. The van der Waals surface area contributed by atoms with Crippen LogP contribution in [0, 0.1) is 0 Å². The molecule has 0 saturated heterocycles. The first-order valence-electron chi connectivity index (χ1n) is 6.28. The number of fused-ring (bicyclic) bond motifs is 1. The van der Waals surface area contributed by atoms with E-state index in [4.69, 9.17) is 21.1 Å². The Labute approximate surface area is 139 Å². The highest BCUT2D eigenvalue weighted by atomic mass is 79.9. The third-order valence-electron chi connectivity index (χ3n) is 2.91. The number of nitrogens with one attached hydrogen (secondary N) is 1. The monoisotopic (exact) mass is 387 g/mol. The van der Waals surface area contributed by atoms with Crippen LogP contribution in [0.1, 0.15) is 16.1 Å². The fraction of sp³-hybridized carbons (Fsp3) is 0.214. The van der Waals surface area contributed by atoms with Crippen molar-refractivity contribution in [3.8, 4) is 11.5 Å². The molecule has 3 rings (SSSR count). The van der Waals surface area contributed by atoms with Crippen molar-refractivity contribution in [1.82, 2.24) is 0 Å². The molecule has 0 atom stereocenters. The maximum atomic E-state index is 12.2. The Morgan fingerprint density at radius 1 is 1.29 bits per heavy atom. The molecule has 1 amide bonds. The van der Waals surface area contributed by atoms with Crippen LogP contribution in [0.5, 0.6) is 11.5 Å². The fourth-order valence-electron chi connectivity index (χ4n) is 1.91. The molecule has 0 radical (unpaired) electrons. The van der Waals surface area contributed by atoms with Gasteiger partial charge in [-0.3, -0.25) is 4.79 Å². The van der Waals surface area contributed by atoms with E-state index < -0.39 is 0 Å². The van der Waals surface area contributed by atoms with Crippen LogP contribution in [-0.2, 0) is 0 Å². The van der Waals surface area contributed by atoms with Gasteiger partial charge in [-0.1, -0.05) is 11.6 Å². The van der Waals surface area contributed by atoms with Gasteiger partial charge in [0, 0.05) is 23.0 Å². The van der Waals surface area contributed by atoms with Crippen molar-refractivity contribution in [3.63, 3.8) is 0 Å². The largest absolute Gasteiger partial charge is 0.490 e. The molecule has 110 valence electrons. The van der Waals surface area contributed by atoms with Crippen LogP contribution >= 0.6 is 38.9 Å². The lowest BCUT2D eigenvalue weighted by atomic mass is 10.2. The number of carbonyl (C=O) groups is 1. The third-order valence-corrected chi connectivity index (χ3v) is 5.06. The molecule has 0 aliphatic carbocycles. The van der Waals surface area contributed by atoms with Gasteiger partial charge in [0.15, 0.2) is 11.5 Å². The van der Waals surface area contributed by atoms with E-state index in [9.17, 15) is 4.79 Å². The van der Waals surface area contributed by atoms with Gasteiger partial charge in [0.2, 0.25) is 0 Å². The van der Waals surface area contributed by atoms with Crippen molar-refractivity contribution < 1.29 is 14.3 Å². The number of hydrogen-bond acceptors (Lipinski definition) is 4. The molecule has 1 aromatic carbocycles. The number of anilines is 1. The van der Waals surface area contributed by atoms with Gasteiger partial charge in [0.1, 0.15) is 4.88 Å². The number of amides is 1. The smallest absolute Gasteiger partial charge is 0.266 e. The third kappa shape index (κ3) is 3.17. The first-order valence-corrected chi connectivity index (χ1v) is 8.33. The van der Waals surface area contributed by atoms with Crippen LogP contribution in [0.25, 0.3) is 0 Å². The SMILES string of the molecule is O=C(Nc1cc2c(cc1Cl)OCCCO2)c1sccc1Br. The molecule has 0 bridgehead atoms. The standard InChI is InChI=1S/C14H11BrClNO3S/c15-8-2-5-21-13(8)14(18)17-10-7-12-11(6-9(10)16)19-3-1-4-20-12/h2,5-7H,1,3-4H2,(H,17,18). The minimum absolute atomic E-state index is 0.215. The van der Waals surface area contributed by atoms with Crippen molar-refractivity contribution in [1.29, 1.82) is 0 Å². The number of ether oxygens (including phenoxy) is 2. The van der Waals surface area contributed by atoms with E-state index in [0.717, 1.165) is 10.9 Å². The summed E-state index contributed by atoms with van der Waals surface area (Å²) in [6.07, 6.45) is 0.816. The second kappa shape index (κ2) is 6.25. The zero-order chi connectivity index (χ0) is 14.8. The molecule has 2 aromatic rings. The predicted octanol–water partition coefficient (Wildman–Crippen LogP) is 4.58. The van der Waals surface area contributed by atoms with Gasteiger partial charge in [-0.2, -0.15) is 0 Å². The van der Waals surface area contributed by atoms with Crippen LogP contribution in [0.2, 0.25) is 5.02 Å². The minimum Gasteiger partial charge on any atom is -0.490 e. The average Bonchev–Trinajstić information content (AvgIpc) is 2.75. The Bertz CT molecular complexity index is 689. The lowest BCUT2D eigenvalue weighted by molar-refractivity contribution is 0.103. The molecule has 0 saturated carbocycles. The second-order valence-corrected chi connectivity index (χ2v) is 6.56. The summed E-state index contributed by atoms with van der Waals surface area (Å²) in [5.74, 6) is 0.985. The van der Waals surface area contributed by atoms with Crippen LogP contribution in [0.4, 0.5) is 5.69 Å². The minimum atomic E-state index is -0.215. The lowest BCUT2D eigenvalue weighted by Crippen LogP contribution is -2.11. The maximum Gasteiger partial charge on any atom is 0.266 e. The van der Waals surface area contributed by atoms with E-state index in [0.29, 0.717) is 40.3 Å². The van der Waals surface area contributed by atoms with Crippen molar-refractivity contribution in [2.45, 2.75) is 6.42 Å². The number of hydrogen-bond donors (Lipinski definition) is 1. The number of carbonyl (C=O) groups excluding carboxylic acids is 1. The van der Waals surface area contributed by atoms with Gasteiger partial charge in [-0.05, 0) is 27.4 Å². The maximum absolute atomic E-state index is 12.2. The van der Waals surface area contributed by atoms with E-state index in [1.165, 1.54) is 11.3 Å². The first kappa shape index (κ1) is 14.7. The van der Waals surface area contributed by atoms with Gasteiger partial charge in [-0.25, -0.2) is 0 Å². The van der Waals surface area contributed by atoms with Crippen molar-refractivity contribution in [3.05, 3.63) is 38.0 Å². The molecule has 1 aliphatic heterocycles. The molecular formula is C14H11BrClNO3S.